The fraction of sp³-hybridized carbons (Fsp3) is 0.529. The van der Waals surface area contributed by atoms with Gasteiger partial charge in [0.2, 0.25) is 0 Å². The highest BCUT2D eigenvalue weighted by atomic mass is 16.7. The minimum absolute atomic E-state index is 0.177. The maximum atomic E-state index is 5.38. The normalized spacial score (nSPS) is 16.5. The fourth-order valence-electron chi connectivity index (χ4n) is 2.56. The molecule has 0 aliphatic carbocycles. The van der Waals surface area contributed by atoms with E-state index in [1.165, 1.54) is 24.1 Å². The molecule has 20 heavy (non-hydrogen) atoms. The molecule has 3 nitrogen and oxygen atoms in total. The number of piperidine rings is 1. The average Bonchev–Trinajstić information content (AvgIpc) is 2.46. The van der Waals surface area contributed by atoms with Gasteiger partial charge < -0.3 is 4.90 Å². The van der Waals surface area contributed by atoms with E-state index in [2.05, 4.69) is 48.1 Å². The molecule has 1 aromatic carbocycles. The second-order valence-electron chi connectivity index (χ2n) is 5.92. The zero-order valence-corrected chi connectivity index (χ0v) is 12.9. The van der Waals surface area contributed by atoms with E-state index in [4.69, 9.17) is 4.84 Å². The maximum Gasteiger partial charge on any atom is 0.0797 e. The summed E-state index contributed by atoms with van der Waals surface area (Å²) in [5.74, 6) is 0.701. The van der Waals surface area contributed by atoms with Crippen molar-refractivity contribution in [2.75, 3.05) is 23.5 Å². The highest BCUT2D eigenvalue weighted by molar-refractivity contribution is 5.54. The lowest BCUT2D eigenvalue weighted by molar-refractivity contribution is 0.130. The molecule has 1 aliphatic heterocycles. The summed E-state index contributed by atoms with van der Waals surface area (Å²) in [5.41, 5.74) is 6.59. The van der Waals surface area contributed by atoms with E-state index >= 15 is 0 Å². The van der Waals surface area contributed by atoms with Crippen LogP contribution in [0.3, 0.4) is 0 Å². The number of allylic oxidation sites excluding steroid dienone is 1. The Morgan fingerprint density at radius 1 is 1.25 bits per heavy atom. The van der Waals surface area contributed by atoms with Crippen molar-refractivity contribution in [3.8, 4) is 0 Å². The zero-order valence-electron chi connectivity index (χ0n) is 12.9. The van der Waals surface area contributed by atoms with E-state index in [1.54, 1.807) is 0 Å². The highest BCUT2D eigenvalue weighted by Gasteiger charge is 2.19. The van der Waals surface area contributed by atoms with Crippen LogP contribution in [-0.2, 0) is 4.84 Å². The molecule has 0 spiro atoms. The Labute approximate surface area is 122 Å². The van der Waals surface area contributed by atoms with E-state index in [9.17, 15) is 0 Å². The molecule has 0 aromatic heterocycles. The summed E-state index contributed by atoms with van der Waals surface area (Å²) >= 11 is 0. The summed E-state index contributed by atoms with van der Waals surface area (Å²) in [4.78, 5) is 7.83. The molecule has 0 bridgehead atoms. The number of nitrogens with zero attached hydrogens (tertiary/aromatic N) is 1. The molecule has 1 N–H and O–H groups in total. The van der Waals surface area contributed by atoms with Gasteiger partial charge in [-0.2, -0.15) is 0 Å². The van der Waals surface area contributed by atoms with Gasteiger partial charge in [0.1, 0.15) is 0 Å². The Balaban J connectivity index is 1.89. The Hall–Kier alpha value is -1.48. The minimum Gasteiger partial charge on any atom is -0.371 e. The van der Waals surface area contributed by atoms with Crippen molar-refractivity contribution in [3.05, 3.63) is 36.4 Å². The van der Waals surface area contributed by atoms with Crippen molar-refractivity contribution in [1.29, 1.82) is 0 Å². The summed E-state index contributed by atoms with van der Waals surface area (Å²) in [6.07, 6.45) is 2.60. The number of rotatable bonds is 5. The van der Waals surface area contributed by atoms with Crippen LogP contribution in [-0.4, -0.2) is 19.2 Å². The minimum atomic E-state index is 0.177. The van der Waals surface area contributed by atoms with E-state index in [1.807, 2.05) is 13.8 Å². The Bertz CT molecular complexity index is 431. The maximum absolute atomic E-state index is 5.38. The molecule has 1 saturated heterocycles. The molecule has 1 aromatic rings. The van der Waals surface area contributed by atoms with Gasteiger partial charge in [-0.05, 0) is 63.8 Å². The van der Waals surface area contributed by atoms with E-state index in [0.29, 0.717) is 5.92 Å². The molecule has 110 valence electrons. The molecular weight excluding hydrogens is 248 g/mol. The molecule has 1 heterocycles. The third-order valence-corrected chi connectivity index (χ3v) is 3.84. The molecule has 0 amide bonds. The van der Waals surface area contributed by atoms with Gasteiger partial charge in [0.05, 0.1) is 11.8 Å². The van der Waals surface area contributed by atoms with Gasteiger partial charge in [-0.3, -0.25) is 10.3 Å². The first-order chi connectivity index (χ1) is 9.56. The SMILES string of the molecule is C=C(C)C1CCN(c2ccc(NOC(C)C)cc2)CC1. The van der Waals surface area contributed by atoms with Crippen LogP contribution >= 0.6 is 0 Å². The molecule has 0 unspecified atom stereocenters. The van der Waals surface area contributed by atoms with Gasteiger partial charge in [-0.15, -0.1) is 0 Å². The second kappa shape index (κ2) is 6.80. The van der Waals surface area contributed by atoms with Crippen molar-refractivity contribution in [2.24, 2.45) is 5.92 Å². The average molecular weight is 274 g/mol. The third-order valence-electron chi connectivity index (χ3n) is 3.84. The first-order valence-electron chi connectivity index (χ1n) is 7.48. The summed E-state index contributed by atoms with van der Waals surface area (Å²) in [5, 5.41) is 0. The van der Waals surface area contributed by atoms with Crippen LogP contribution in [0.15, 0.2) is 36.4 Å². The first-order valence-corrected chi connectivity index (χ1v) is 7.48. The smallest absolute Gasteiger partial charge is 0.0797 e. The second-order valence-corrected chi connectivity index (χ2v) is 5.92. The Morgan fingerprint density at radius 2 is 1.85 bits per heavy atom. The van der Waals surface area contributed by atoms with Crippen LogP contribution in [0.5, 0.6) is 0 Å². The van der Waals surface area contributed by atoms with Gasteiger partial charge in [0.25, 0.3) is 0 Å². The lowest BCUT2D eigenvalue weighted by Gasteiger charge is -2.34. The van der Waals surface area contributed by atoms with Crippen LogP contribution in [0.2, 0.25) is 0 Å². The monoisotopic (exact) mass is 274 g/mol. The number of benzene rings is 1. The molecule has 2 rings (SSSR count). The Kier molecular flexibility index (Phi) is 5.07. The third kappa shape index (κ3) is 4.01. The number of nitrogens with one attached hydrogen (secondary N) is 1. The zero-order chi connectivity index (χ0) is 14.5. The van der Waals surface area contributed by atoms with E-state index < -0.39 is 0 Å². The van der Waals surface area contributed by atoms with Crippen LogP contribution in [0.25, 0.3) is 0 Å². The molecule has 3 heteroatoms. The summed E-state index contributed by atoms with van der Waals surface area (Å²) in [6.45, 7) is 12.5. The van der Waals surface area contributed by atoms with Crippen molar-refractivity contribution < 1.29 is 4.84 Å². The van der Waals surface area contributed by atoms with Crippen molar-refractivity contribution in [1.82, 2.24) is 0 Å². The quantitative estimate of drug-likeness (QED) is 0.642. The lowest BCUT2D eigenvalue weighted by Crippen LogP contribution is -2.33. The fourth-order valence-corrected chi connectivity index (χ4v) is 2.56. The van der Waals surface area contributed by atoms with Crippen LogP contribution in [0.1, 0.15) is 33.6 Å². The van der Waals surface area contributed by atoms with Gasteiger partial charge in [0.15, 0.2) is 0 Å². The first kappa shape index (κ1) is 14.9. The summed E-state index contributed by atoms with van der Waals surface area (Å²) < 4.78 is 0. The molecule has 1 aliphatic rings. The van der Waals surface area contributed by atoms with E-state index in [-0.39, 0.29) is 6.10 Å². The van der Waals surface area contributed by atoms with E-state index in [0.717, 1.165) is 18.8 Å². The molecule has 0 saturated carbocycles. The molecular formula is C17H26N2O. The van der Waals surface area contributed by atoms with Crippen LogP contribution < -0.4 is 10.4 Å². The number of anilines is 2. The van der Waals surface area contributed by atoms with Crippen molar-refractivity contribution >= 4 is 11.4 Å². The largest absolute Gasteiger partial charge is 0.371 e. The topological polar surface area (TPSA) is 24.5 Å². The van der Waals surface area contributed by atoms with Gasteiger partial charge in [-0.25, -0.2) is 0 Å². The van der Waals surface area contributed by atoms with Crippen molar-refractivity contribution in [2.45, 2.75) is 39.7 Å². The number of hydrogen-bond acceptors (Lipinski definition) is 3. The van der Waals surface area contributed by atoms with Crippen molar-refractivity contribution in [3.63, 3.8) is 0 Å². The van der Waals surface area contributed by atoms with Gasteiger partial charge in [0, 0.05) is 18.8 Å². The molecule has 0 radical (unpaired) electrons. The predicted molar refractivity (Wildman–Crippen MR) is 86.0 cm³/mol. The summed E-state index contributed by atoms with van der Waals surface area (Å²) in [7, 11) is 0. The Morgan fingerprint density at radius 3 is 2.35 bits per heavy atom. The molecule has 0 atom stereocenters. The predicted octanol–water partition coefficient (Wildman–Crippen LogP) is 4.23. The summed E-state index contributed by atoms with van der Waals surface area (Å²) in [6, 6.07) is 8.46. The van der Waals surface area contributed by atoms with Gasteiger partial charge in [-0.1, -0.05) is 12.2 Å². The molecule has 1 fully saturated rings. The van der Waals surface area contributed by atoms with Gasteiger partial charge >= 0.3 is 0 Å². The number of hydrogen-bond donors (Lipinski definition) is 1. The van der Waals surface area contributed by atoms with Crippen LogP contribution in [0.4, 0.5) is 11.4 Å². The highest BCUT2D eigenvalue weighted by Crippen LogP contribution is 2.27. The lowest BCUT2D eigenvalue weighted by atomic mass is 9.91. The van der Waals surface area contributed by atoms with Crippen LogP contribution in [0, 0.1) is 5.92 Å². The standard InChI is InChI=1S/C17H26N2O/c1-13(2)15-9-11-19(12-10-15)17-7-5-16(6-8-17)18-20-14(3)4/h5-8,14-15,18H,1,9-12H2,2-4H3.